The van der Waals surface area contributed by atoms with Crippen molar-refractivity contribution in [1.82, 2.24) is 19.4 Å². The van der Waals surface area contributed by atoms with E-state index < -0.39 is 0 Å². The van der Waals surface area contributed by atoms with Crippen molar-refractivity contribution < 1.29 is 18.7 Å². The second kappa shape index (κ2) is 11.9. The summed E-state index contributed by atoms with van der Waals surface area (Å²) in [5, 5.41) is 8.26. The fraction of sp³-hybridized carbons (Fsp3) is 0.206. The number of fused-ring (bicyclic) bond motifs is 2. The number of amides is 1. The minimum Gasteiger partial charge on any atom is -0.468 e. The highest BCUT2D eigenvalue weighted by molar-refractivity contribution is 7.15. The number of anilines is 4. The molecule has 46 heavy (non-hydrogen) atoms. The summed E-state index contributed by atoms with van der Waals surface area (Å²) in [5.41, 5.74) is 6.31. The topological polar surface area (TPSA) is 127 Å². The number of hydrogen-bond donors (Lipinski definition) is 2. The van der Waals surface area contributed by atoms with Crippen molar-refractivity contribution in [3.8, 4) is 22.6 Å². The Kier molecular flexibility index (Phi) is 7.27. The van der Waals surface area contributed by atoms with Crippen molar-refractivity contribution in [3.05, 3.63) is 95.5 Å². The smallest absolute Gasteiger partial charge is 0.259 e. The third kappa shape index (κ3) is 5.31. The summed E-state index contributed by atoms with van der Waals surface area (Å²) in [6.45, 7) is 3.24. The Morgan fingerprint density at radius 2 is 1.85 bits per heavy atom. The molecule has 4 aromatic heterocycles. The molecule has 1 saturated heterocycles. The number of furan rings is 1. The molecule has 2 N–H and O–H groups in total. The van der Waals surface area contributed by atoms with Crippen molar-refractivity contribution in [2.45, 2.75) is 19.3 Å². The number of hydrogen-bond acceptors (Lipinski definition) is 10. The zero-order valence-electron chi connectivity index (χ0n) is 24.7. The quantitative estimate of drug-likeness (QED) is 0.204. The number of nitrogens with one attached hydrogen (secondary N) is 2. The Morgan fingerprint density at radius 1 is 0.978 bits per heavy atom. The molecule has 6 aromatic rings. The molecular weight excluding hydrogens is 602 g/mol. The molecular formula is C34H29N7O4S. The number of thiazole rings is 1. The van der Waals surface area contributed by atoms with E-state index in [1.54, 1.807) is 6.20 Å². The van der Waals surface area contributed by atoms with E-state index >= 15 is 0 Å². The highest BCUT2D eigenvalue weighted by Crippen LogP contribution is 2.35. The van der Waals surface area contributed by atoms with E-state index in [0.717, 1.165) is 66.0 Å². The minimum atomic E-state index is -0.382. The lowest BCUT2D eigenvalue weighted by Gasteiger charge is -2.28. The number of ether oxygens (including phenoxy) is 1. The van der Waals surface area contributed by atoms with Gasteiger partial charge >= 0.3 is 0 Å². The van der Waals surface area contributed by atoms with E-state index in [9.17, 15) is 9.59 Å². The van der Waals surface area contributed by atoms with Crippen LogP contribution in [0.4, 0.5) is 23.0 Å². The monoisotopic (exact) mass is 631 g/mol. The molecule has 0 spiro atoms. The van der Waals surface area contributed by atoms with Crippen LogP contribution in [0.25, 0.3) is 27.6 Å². The van der Waals surface area contributed by atoms with Crippen LogP contribution in [0.15, 0.2) is 83.1 Å². The summed E-state index contributed by atoms with van der Waals surface area (Å²) >= 11 is 1.53. The third-order valence-electron chi connectivity index (χ3n) is 8.25. The number of imidazole rings is 1. The predicted molar refractivity (Wildman–Crippen MR) is 176 cm³/mol. The van der Waals surface area contributed by atoms with Crippen LogP contribution < -0.4 is 15.5 Å². The molecule has 0 saturated carbocycles. The zero-order chi connectivity index (χ0) is 31.0. The van der Waals surface area contributed by atoms with Gasteiger partial charge in [-0.05, 0) is 48.9 Å². The van der Waals surface area contributed by atoms with Gasteiger partial charge in [0, 0.05) is 66.3 Å². The maximum Gasteiger partial charge on any atom is 0.259 e. The van der Waals surface area contributed by atoms with Crippen LogP contribution in [0.5, 0.6) is 0 Å². The van der Waals surface area contributed by atoms with Gasteiger partial charge in [0.2, 0.25) is 5.95 Å². The van der Waals surface area contributed by atoms with Crippen LogP contribution in [0.1, 0.15) is 39.3 Å². The molecule has 1 fully saturated rings. The van der Waals surface area contributed by atoms with Gasteiger partial charge in [-0.3, -0.25) is 14.0 Å². The standard InChI is InChI=1S/C34H29N7O4S/c42-27-5-2-6-28-29(27)25(20-45-28)32(43)36-23-4-1-3-21(19-23)30-31(41-15-18-46-34(41)39-30)26-11-12-35-33(38-26)37-22-7-9-24(10-8-22)40-13-16-44-17-14-40/h1,3-4,7-12,15,18-20H,2,5-6,13-14,16-17H2,(H,36,43)(H,35,37,38). The number of aromatic nitrogens is 4. The van der Waals surface area contributed by atoms with Crippen LogP contribution in [0.2, 0.25) is 0 Å². The molecule has 2 aliphatic rings. The second-order valence-electron chi connectivity index (χ2n) is 11.2. The highest BCUT2D eigenvalue weighted by atomic mass is 32.1. The summed E-state index contributed by atoms with van der Waals surface area (Å²) in [5.74, 6) is 0.613. The Bertz CT molecular complexity index is 2070. The van der Waals surface area contributed by atoms with Gasteiger partial charge in [0.05, 0.1) is 35.7 Å². The summed E-state index contributed by atoms with van der Waals surface area (Å²) in [6.07, 6.45) is 6.89. The number of morpholine rings is 1. The average molecular weight is 632 g/mol. The SMILES string of the molecule is O=C(Nc1cccc(-c2nc3sccn3c2-c2ccnc(Nc3ccc(N4CCOCC4)cc3)n2)c1)c1coc2c1C(=O)CCC2. The highest BCUT2D eigenvalue weighted by Gasteiger charge is 2.28. The molecule has 0 bridgehead atoms. The van der Waals surface area contributed by atoms with Crippen molar-refractivity contribution in [2.75, 3.05) is 41.8 Å². The fourth-order valence-electron chi connectivity index (χ4n) is 6.02. The van der Waals surface area contributed by atoms with Crippen molar-refractivity contribution in [3.63, 3.8) is 0 Å². The largest absolute Gasteiger partial charge is 0.468 e. The second-order valence-corrected chi connectivity index (χ2v) is 12.0. The van der Waals surface area contributed by atoms with Crippen molar-refractivity contribution in [2.24, 2.45) is 0 Å². The first-order valence-corrected chi connectivity index (χ1v) is 16.0. The van der Waals surface area contributed by atoms with Gasteiger partial charge in [0.15, 0.2) is 10.7 Å². The number of carbonyl (C=O) groups excluding carboxylic acids is 2. The van der Waals surface area contributed by atoms with Crippen LogP contribution in [-0.2, 0) is 11.2 Å². The van der Waals surface area contributed by atoms with Gasteiger partial charge < -0.3 is 24.7 Å². The number of Topliss-reactive ketones (excluding diaryl/α,β-unsaturated/α-hetero) is 1. The lowest BCUT2D eigenvalue weighted by molar-refractivity contribution is 0.0955. The van der Waals surface area contributed by atoms with Gasteiger partial charge in [-0.25, -0.2) is 15.0 Å². The number of nitrogens with zero attached hydrogens (tertiary/aromatic N) is 5. The number of aryl methyl sites for hydroxylation is 1. The normalized spacial score (nSPS) is 14.8. The third-order valence-corrected chi connectivity index (χ3v) is 9.01. The molecule has 11 nitrogen and oxygen atoms in total. The lowest BCUT2D eigenvalue weighted by atomic mass is 9.94. The van der Waals surface area contributed by atoms with E-state index in [0.29, 0.717) is 41.5 Å². The summed E-state index contributed by atoms with van der Waals surface area (Å²) in [6, 6.07) is 17.6. The minimum absolute atomic E-state index is 0.0552. The average Bonchev–Trinajstić information content (AvgIpc) is 3.82. The molecule has 0 atom stereocenters. The molecule has 1 aliphatic carbocycles. The zero-order valence-corrected chi connectivity index (χ0v) is 25.5. The first-order valence-electron chi connectivity index (χ1n) is 15.1. The first kappa shape index (κ1) is 28.2. The van der Waals surface area contributed by atoms with E-state index in [-0.39, 0.29) is 17.3 Å². The summed E-state index contributed by atoms with van der Waals surface area (Å²) < 4.78 is 13.0. The number of benzene rings is 2. The number of rotatable bonds is 7. The van der Waals surface area contributed by atoms with Crippen LogP contribution in [0.3, 0.4) is 0 Å². The Balaban J connectivity index is 1.07. The van der Waals surface area contributed by atoms with Crippen molar-refractivity contribution in [1.29, 1.82) is 0 Å². The molecule has 1 amide bonds. The Labute approximate surface area is 267 Å². The van der Waals surface area contributed by atoms with Gasteiger partial charge in [-0.15, -0.1) is 11.3 Å². The molecule has 1 aliphatic heterocycles. The maximum atomic E-state index is 13.2. The number of ketones is 1. The van der Waals surface area contributed by atoms with Gasteiger partial charge in [-0.1, -0.05) is 12.1 Å². The van der Waals surface area contributed by atoms with Crippen LogP contribution >= 0.6 is 11.3 Å². The van der Waals surface area contributed by atoms with Crippen LogP contribution in [0, 0.1) is 0 Å². The summed E-state index contributed by atoms with van der Waals surface area (Å²) in [4.78, 5) is 43.2. The van der Waals surface area contributed by atoms with E-state index in [2.05, 4.69) is 32.7 Å². The molecule has 5 heterocycles. The molecule has 0 radical (unpaired) electrons. The molecule has 8 rings (SSSR count). The first-order chi connectivity index (χ1) is 22.6. The molecule has 0 unspecified atom stereocenters. The Morgan fingerprint density at radius 3 is 2.72 bits per heavy atom. The molecule has 2 aromatic carbocycles. The van der Waals surface area contributed by atoms with Gasteiger partial charge in [-0.2, -0.15) is 0 Å². The molecule has 12 heteroatoms. The summed E-state index contributed by atoms with van der Waals surface area (Å²) in [7, 11) is 0. The van der Waals surface area contributed by atoms with Gasteiger partial charge in [0.25, 0.3) is 5.91 Å². The van der Waals surface area contributed by atoms with Crippen molar-refractivity contribution >= 4 is 51.0 Å². The van der Waals surface area contributed by atoms with Crippen LogP contribution in [-0.4, -0.2) is 57.3 Å². The maximum absolute atomic E-state index is 13.2. The predicted octanol–water partition coefficient (Wildman–Crippen LogP) is 6.46. The Hall–Kier alpha value is -5.33. The van der Waals surface area contributed by atoms with E-state index in [4.69, 9.17) is 19.1 Å². The van der Waals surface area contributed by atoms with Gasteiger partial charge in [0.1, 0.15) is 17.7 Å². The number of carbonyl (C=O) groups is 2. The van der Waals surface area contributed by atoms with E-state index in [1.807, 2.05) is 58.4 Å². The lowest BCUT2D eigenvalue weighted by Crippen LogP contribution is -2.36. The fourth-order valence-corrected chi connectivity index (χ4v) is 6.73. The van der Waals surface area contributed by atoms with E-state index in [1.165, 1.54) is 17.6 Å². The molecule has 230 valence electrons.